The molecular formula is C19H21NO6S. The lowest BCUT2D eigenvalue weighted by Gasteiger charge is -2.17. The first-order valence-electron chi connectivity index (χ1n) is 8.22. The molecule has 0 radical (unpaired) electrons. The second-order valence-corrected chi connectivity index (χ2v) is 7.38. The Morgan fingerprint density at radius 1 is 1.07 bits per heavy atom. The van der Waals surface area contributed by atoms with Gasteiger partial charge in [-0.3, -0.25) is 9.59 Å². The molecule has 0 bridgehead atoms. The van der Waals surface area contributed by atoms with Crippen molar-refractivity contribution in [1.29, 1.82) is 0 Å². The second-order valence-electron chi connectivity index (χ2n) is 5.84. The van der Waals surface area contributed by atoms with Gasteiger partial charge >= 0.3 is 16.1 Å². The summed E-state index contributed by atoms with van der Waals surface area (Å²) in [6.07, 6.45) is 0.0334. The highest BCUT2D eigenvalue weighted by Crippen LogP contribution is 2.26. The largest absolute Gasteiger partial charge is 0.469 e. The van der Waals surface area contributed by atoms with Crippen LogP contribution >= 0.6 is 0 Å². The fourth-order valence-corrected chi connectivity index (χ4v) is 3.39. The van der Waals surface area contributed by atoms with Crippen molar-refractivity contribution in [3.8, 4) is 5.75 Å². The number of hydrogen-bond donors (Lipinski definition) is 1. The molecule has 1 amide bonds. The molecule has 2 aromatic rings. The van der Waals surface area contributed by atoms with Crippen LogP contribution in [0.4, 0.5) is 0 Å². The summed E-state index contributed by atoms with van der Waals surface area (Å²) >= 11 is 0. The molecule has 7 nitrogen and oxygen atoms in total. The number of ether oxygens (including phenoxy) is 1. The van der Waals surface area contributed by atoms with Gasteiger partial charge < -0.3 is 14.2 Å². The van der Waals surface area contributed by atoms with Crippen molar-refractivity contribution in [3.63, 3.8) is 0 Å². The van der Waals surface area contributed by atoms with E-state index in [-0.39, 0.29) is 35.4 Å². The molecule has 0 aliphatic carbocycles. The molecule has 0 aromatic heterocycles. The summed E-state index contributed by atoms with van der Waals surface area (Å²) < 4.78 is 34.6. The fraction of sp³-hybridized carbons (Fsp3) is 0.263. The first kappa shape index (κ1) is 20.4. The fourth-order valence-electron chi connectivity index (χ4n) is 2.44. The van der Waals surface area contributed by atoms with Gasteiger partial charge in [-0.1, -0.05) is 30.3 Å². The number of methoxy groups -OCH3 is 1. The zero-order valence-corrected chi connectivity index (χ0v) is 15.9. The van der Waals surface area contributed by atoms with E-state index >= 15 is 0 Å². The Morgan fingerprint density at radius 3 is 2.41 bits per heavy atom. The van der Waals surface area contributed by atoms with Crippen molar-refractivity contribution >= 4 is 22.0 Å². The average Bonchev–Trinajstić information content (AvgIpc) is 2.65. The molecule has 1 unspecified atom stereocenters. The number of esters is 1. The second kappa shape index (κ2) is 9.18. The van der Waals surface area contributed by atoms with Gasteiger partial charge in [0.2, 0.25) is 5.91 Å². The van der Waals surface area contributed by atoms with Crippen LogP contribution in [0.15, 0.2) is 59.5 Å². The maximum atomic E-state index is 12.4. The minimum atomic E-state index is -3.97. The van der Waals surface area contributed by atoms with Crippen LogP contribution in [0, 0.1) is 0 Å². The number of hydrogen-bond acceptors (Lipinski definition) is 6. The lowest BCUT2D eigenvalue weighted by molar-refractivity contribution is -0.141. The van der Waals surface area contributed by atoms with Crippen LogP contribution in [0.1, 0.15) is 24.8 Å². The SMILES string of the molecule is COC(=O)CC(CNC(C)=O)c1cccc(OS(=O)(=O)c2ccccc2)c1. The van der Waals surface area contributed by atoms with Crippen molar-refractivity contribution in [2.45, 2.75) is 24.2 Å². The van der Waals surface area contributed by atoms with Crippen LogP contribution in [0.25, 0.3) is 0 Å². The van der Waals surface area contributed by atoms with Gasteiger partial charge in [-0.15, -0.1) is 0 Å². The molecule has 0 spiro atoms. The third kappa shape index (κ3) is 6.10. The first-order valence-corrected chi connectivity index (χ1v) is 9.63. The van der Waals surface area contributed by atoms with E-state index in [1.54, 1.807) is 30.3 Å². The Labute approximate surface area is 158 Å². The third-order valence-electron chi connectivity index (χ3n) is 3.81. The summed E-state index contributed by atoms with van der Waals surface area (Å²) in [6, 6.07) is 14.2. The van der Waals surface area contributed by atoms with Crippen molar-refractivity contribution in [2.75, 3.05) is 13.7 Å². The highest BCUT2D eigenvalue weighted by atomic mass is 32.2. The van der Waals surface area contributed by atoms with Crippen LogP contribution in [-0.4, -0.2) is 33.9 Å². The van der Waals surface area contributed by atoms with E-state index in [9.17, 15) is 18.0 Å². The number of amides is 1. The van der Waals surface area contributed by atoms with Crippen LogP contribution in [-0.2, 0) is 24.4 Å². The van der Waals surface area contributed by atoms with Crippen LogP contribution in [0.3, 0.4) is 0 Å². The van der Waals surface area contributed by atoms with E-state index in [1.165, 1.54) is 38.3 Å². The van der Waals surface area contributed by atoms with Crippen LogP contribution < -0.4 is 9.50 Å². The van der Waals surface area contributed by atoms with Gasteiger partial charge in [-0.2, -0.15) is 8.42 Å². The molecule has 2 aromatic carbocycles. The zero-order valence-electron chi connectivity index (χ0n) is 15.0. The maximum Gasteiger partial charge on any atom is 0.339 e. The number of rotatable bonds is 8. The summed E-state index contributed by atoms with van der Waals surface area (Å²) in [6.45, 7) is 1.58. The Balaban J connectivity index is 2.25. The summed E-state index contributed by atoms with van der Waals surface area (Å²) in [5.41, 5.74) is 0.648. The highest BCUT2D eigenvalue weighted by molar-refractivity contribution is 7.87. The molecule has 1 atom stereocenters. The van der Waals surface area contributed by atoms with Gasteiger partial charge in [0, 0.05) is 19.4 Å². The Hall–Kier alpha value is -2.87. The van der Waals surface area contributed by atoms with Gasteiger partial charge in [0.25, 0.3) is 0 Å². The van der Waals surface area contributed by atoms with Gasteiger partial charge in [0.15, 0.2) is 0 Å². The Morgan fingerprint density at radius 2 is 1.78 bits per heavy atom. The van der Waals surface area contributed by atoms with Crippen LogP contribution in [0.2, 0.25) is 0 Å². The van der Waals surface area contributed by atoms with E-state index in [4.69, 9.17) is 8.92 Å². The quantitative estimate of drug-likeness (QED) is 0.547. The smallest absolute Gasteiger partial charge is 0.339 e. The van der Waals surface area contributed by atoms with Crippen molar-refractivity contribution in [1.82, 2.24) is 5.32 Å². The molecule has 0 saturated heterocycles. The Bertz CT molecular complexity index is 895. The molecule has 0 aliphatic heterocycles. The summed E-state index contributed by atoms with van der Waals surface area (Å²) in [5.74, 6) is -0.934. The summed E-state index contributed by atoms with van der Waals surface area (Å²) in [5, 5.41) is 2.66. The van der Waals surface area contributed by atoms with E-state index < -0.39 is 16.1 Å². The molecule has 27 heavy (non-hydrogen) atoms. The minimum Gasteiger partial charge on any atom is -0.469 e. The summed E-state index contributed by atoms with van der Waals surface area (Å²) in [4.78, 5) is 22.9. The maximum absolute atomic E-state index is 12.4. The molecule has 2 rings (SSSR count). The normalized spacial score (nSPS) is 12.1. The number of carbonyl (C=O) groups is 2. The van der Waals surface area contributed by atoms with E-state index in [0.717, 1.165) is 0 Å². The standard InChI is InChI=1S/C19H21NO6S/c1-14(21)20-13-16(12-19(22)25-2)15-7-6-8-17(11-15)26-27(23,24)18-9-4-3-5-10-18/h3-11,16H,12-13H2,1-2H3,(H,20,21). The van der Waals surface area contributed by atoms with E-state index in [2.05, 4.69) is 5.32 Å². The van der Waals surface area contributed by atoms with Gasteiger partial charge in [0.1, 0.15) is 10.6 Å². The lowest BCUT2D eigenvalue weighted by atomic mass is 9.95. The van der Waals surface area contributed by atoms with Crippen LogP contribution in [0.5, 0.6) is 5.75 Å². The molecule has 144 valence electrons. The van der Waals surface area contributed by atoms with Gasteiger partial charge in [-0.25, -0.2) is 0 Å². The zero-order chi connectivity index (χ0) is 19.9. The Kier molecular flexibility index (Phi) is 6.95. The van der Waals surface area contributed by atoms with Crippen molar-refractivity contribution in [3.05, 3.63) is 60.2 Å². The lowest BCUT2D eigenvalue weighted by Crippen LogP contribution is -2.27. The predicted molar refractivity (Wildman–Crippen MR) is 98.8 cm³/mol. The monoisotopic (exact) mass is 391 g/mol. The van der Waals surface area contributed by atoms with Crippen molar-refractivity contribution < 1.29 is 26.9 Å². The molecule has 0 heterocycles. The van der Waals surface area contributed by atoms with E-state index in [1.807, 2.05) is 0 Å². The molecule has 1 N–H and O–H groups in total. The molecule has 8 heteroatoms. The third-order valence-corrected chi connectivity index (χ3v) is 5.07. The predicted octanol–water partition coefficient (Wildman–Crippen LogP) is 2.24. The topological polar surface area (TPSA) is 98.8 Å². The molecular weight excluding hydrogens is 370 g/mol. The molecule has 0 saturated carbocycles. The summed E-state index contributed by atoms with van der Waals surface area (Å²) in [7, 11) is -2.69. The minimum absolute atomic E-state index is 0.0334. The molecule has 0 aliphatic rings. The number of nitrogens with one attached hydrogen (secondary N) is 1. The van der Waals surface area contributed by atoms with Gasteiger partial charge in [-0.05, 0) is 29.8 Å². The highest BCUT2D eigenvalue weighted by Gasteiger charge is 2.20. The number of carbonyl (C=O) groups excluding carboxylic acids is 2. The number of benzene rings is 2. The van der Waals surface area contributed by atoms with Crippen molar-refractivity contribution in [2.24, 2.45) is 0 Å². The average molecular weight is 391 g/mol. The first-order chi connectivity index (χ1) is 12.8. The molecule has 0 fully saturated rings. The van der Waals surface area contributed by atoms with Gasteiger partial charge in [0.05, 0.1) is 13.5 Å². The van der Waals surface area contributed by atoms with E-state index in [0.29, 0.717) is 5.56 Å².